The predicted octanol–water partition coefficient (Wildman–Crippen LogP) is -0.511. The van der Waals surface area contributed by atoms with Crippen LogP contribution in [-0.2, 0) is 18.3 Å². The fourth-order valence-electron chi connectivity index (χ4n) is 2.12. The Bertz CT molecular complexity index is 611. The van der Waals surface area contributed by atoms with E-state index < -0.39 is 0 Å². The number of rotatable bonds is 2. The van der Waals surface area contributed by atoms with Crippen LogP contribution in [0.5, 0.6) is 0 Å². The van der Waals surface area contributed by atoms with Crippen LogP contribution in [0.2, 0.25) is 0 Å². The molecule has 1 fully saturated rings. The molecule has 0 amide bonds. The molecule has 0 atom stereocenters. The first-order valence-electron chi connectivity index (χ1n) is 5.95. The van der Waals surface area contributed by atoms with Crippen LogP contribution in [0, 0.1) is 0 Å². The number of ether oxygens (including phenoxy) is 1. The van der Waals surface area contributed by atoms with Gasteiger partial charge in [-0.2, -0.15) is 5.10 Å². The normalized spacial score (nSPS) is 17.4. The molecule has 1 saturated heterocycles. The smallest absolute Gasteiger partial charge is 0.262 e. The maximum Gasteiger partial charge on any atom is 0.262 e. The van der Waals surface area contributed by atoms with Crippen molar-refractivity contribution in [3.8, 4) is 0 Å². The summed E-state index contributed by atoms with van der Waals surface area (Å²) in [6.45, 7) is 3.84. The highest BCUT2D eigenvalue weighted by molar-refractivity contribution is 5.72. The van der Waals surface area contributed by atoms with Crippen LogP contribution in [0.25, 0.3) is 11.0 Å². The quantitative estimate of drug-likeness (QED) is 0.775. The van der Waals surface area contributed by atoms with Crippen molar-refractivity contribution in [2.45, 2.75) is 6.54 Å². The third kappa shape index (κ3) is 2.02. The van der Waals surface area contributed by atoms with Crippen molar-refractivity contribution < 1.29 is 4.74 Å². The summed E-state index contributed by atoms with van der Waals surface area (Å²) in [5.74, 6) is 0.679. The first-order valence-corrected chi connectivity index (χ1v) is 5.95. The summed E-state index contributed by atoms with van der Waals surface area (Å²) in [5, 5.41) is 4.58. The molecule has 18 heavy (non-hydrogen) atoms. The van der Waals surface area contributed by atoms with Crippen LogP contribution in [0.3, 0.4) is 0 Å². The number of nitrogens with one attached hydrogen (secondary N) is 1. The number of aromatic amines is 1. The van der Waals surface area contributed by atoms with Gasteiger partial charge in [-0.15, -0.1) is 0 Å². The minimum atomic E-state index is -0.128. The van der Waals surface area contributed by atoms with Gasteiger partial charge in [-0.3, -0.25) is 14.4 Å². The first-order chi connectivity index (χ1) is 8.74. The van der Waals surface area contributed by atoms with Gasteiger partial charge in [0, 0.05) is 20.1 Å². The van der Waals surface area contributed by atoms with Gasteiger partial charge >= 0.3 is 0 Å². The second-order valence-corrected chi connectivity index (χ2v) is 4.41. The Labute approximate surface area is 103 Å². The number of aromatic nitrogens is 4. The van der Waals surface area contributed by atoms with Crippen LogP contribution in [0.1, 0.15) is 5.82 Å². The van der Waals surface area contributed by atoms with Gasteiger partial charge in [0.05, 0.1) is 26.0 Å². The van der Waals surface area contributed by atoms with Gasteiger partial charge in [-0.1, -0.05) is 0 Å². The summed E-state index contributed by atoms with van der Waals surface area (Å²) in [5.41, 5.74) is 0.498. The number of hydrogen-bond acceptors (Lipinski definition) is 5. The molecule has 3 rings (SSSR count). The maximum absolute atomic E-state index is 11.9. The molecule has 1 aliphatic heterocycles. The van der Waals surface area contributed by atoms with Crippen molar-refractivity contribution in [3.05, 3.63) is 22.4 Å². The summed E-state index contributed by atoms with van der Waals surface area (Å²) >= 11 is 0. The number of fused-ring (bicyclic) bond motifs is 1. The molecule has 2 aromatic rings. The molecule has 7 heteroatoms. The van der Waals surface area contributed by atoms with Gasteiger partial charge in [-0.05, 0) is 0 Å². The molecule has 2 aromatic heterocycles. The molecule has 0 radical (unpaired) electrons. The molecule has 0 saturated carbocycles. The van der Waals surface area contributed by atoms with Crippen LogP contribution in [0.15, 0.2) is 11.0 Å². The monoisotopic (exact) mass is 249 g/mol. The third-order valence-corrected chi connectivity index (χ3v) is 3.13. The summed E-state index contributed by atoms with van der Waals surface area (Å²) < 4.78 is 6.91. The van der Waals surface area contributed by atoms with E-state index in [1.54, 1.807) is 17.9 Å². The minimum Gasteiger partial charge on any atom is -0.379 e. The fraction of sp³-hybridized carbons (Fsp3) is 0.545. The third-order valence-electron chi connectivity index (χ3n) is 3.13. The Morgan fingerprint density at radius 2 is 2.22 bits per heavy atom. The number of H-pyrrole nitrogens is 1. The van der Waals surface area contributed by atoms with E-state index in [-0.39, 0.29) is 5.56 Å². The summed E-state index contributed by atoms with van der Waals surface area (Å²) in [6.07, 6.45) is 1.54. The number of aryl methyl sites for hydroxylation is 1. The Balaban J connectivity index is 1.92. The molecule has 1 aliphatic rings. The lowest BCUT2D eigenvalue weighted by molar-refractivity contribution is 0.0330. The van der Waals surface area contributed by atoms with Crippen LogP contribution in [-0.4, -0.2) is 51.0 Å². The Morgan fingerprint density at radius 1 is 1.44 bits per heavy atom. The second kappa shape index (κ2) is 4.51. The van der Waals surface area contributed by atoms with Gasteiger partial charge in [-0.25, -0.2) is 4.98 Å². The van der Waals surface area contributed by atoms with E-state index in [0.717, 1.165) is 26.3 Å². The Morgan fingerprint density at radius 3 is 3.00 bits per heavy atom. The van der Waals surface area contributed by atoms with Crippen molar-refractivity contribution in [2.75, 3.05) is 26.3 Å². The predicted molar refractivity (Wildman–Crippen MR) is 65.2 cm³/mol. The van der Waals surface area contributed by atoms with Crippen LogP contribution >= 0.6 is 0 Å². The average molecular weight is 249 g/mol. The first kappa shape index (κ1) is 11.4. The van der Waals surface area contributed by atoms with Crippen molar-refractivity contribution in [2.24, 2.45) is 7.05 Å². The van der Waals surface area contributed by atoms with E-state index in [4.69, 9.17) is 4.74 Å². The molecule has 0 aliphatic carbocycles. The zero-order valence-electron chi connectivity index (χ0n) is 10.2. The molecular weight excluding hydrogens is 234 g/mol. The fourth-order valence-corrected chi connectivity index (χ4v) is 2.12. The SMILES string of the molecule is Cn1ncc2c(=O)[nH]c(CN3CCOCC3)nc21. The topological polar surface area (TPSA) is 76.0 Å². The summed E-state index contributed by atoms with van der Waals surface area (Å²) in [6, 6.07) is 0. The van der Waals surface area contributed by atoms with Crippen LogP contribution < -0.4 is 5.56 Å². The average Bonchev–Trinajstić information content (AvgIpc) is 2.73. The van der Waals surface area contributed by atoms with Crippen molar-refractivity contribution >= 4 is 11.0 Å². The molecule has 7 nitrogen and oxygen atoms in total. The van der Waals surface area contributed by atoms with E-state index >= 15 is 0 Å². The van der Waals surface area contributed by atoms with E-state index in [0.29, 0.717) is 23.4 Å². The lowest BCUT2D eigenvalue weighted by atomic mass is 10.3. The van der Waals surface area contributed by atoms with Gasteiger partial charge < -0.3 is 9.72 Å². The van der Waals surface area contributed by atoms with E-state index in [1.165, 1.54) is 0 Å². The standard InChI is InChI=1S/C11H15N5O2/c1-15-10-8(6-12-15)11(17)14-9(13-10)7-16-2-4-18-5-3-16/h6H,2-5,7H2,1H3,(H,13,14,17). The van der Waals surface area contributed by atoms with Gasteiger partial charge in [0.15, 0.2) is 5.65 Å². The molecule has 0 unspecified atom stereocenters. The van der Waals surface area contributed by atoms with Gasteiger partial charge in [0.1, 0.15) is 11.2 Å². The zero-order chi connectivity index (χ0) is 12.5. The zero-order valence-corrected chi connectivity index (χ0v) is 10.2. The summed E-state index contributed by atoms with van der Waals surface area (Å²) in [4.78, 5) is 21.3. The van der Waals surface area contributed by atoms with Crippen molar-refractivity contribution in [3.63, 3.8) is 0 Å². The van der Waals surface area contributed by atoms with E-state index in [2.05, 4.69) is 20.0 Å². The Hall–Kier alpha value is -1.73. The maximum atomic E-state index is 11.9. The molecular formula is C11H15N5O2. The van der Waals surface area contributed by atoms with E-state index in [9.17, 15) is 4.79 Å². The van der Waals surface area contributed by atoms with Crippen molar-refractivity contribution in [1.82, 2.24) is 24.6 Å². The molecule has 0 bridgehead atoms. The highest BCUT2D eigenvalue weighted by atomic mass is 16.5. The second-order valence-electron chi connectivity index (χ2n) is 4.41. The number of nitrogens with zero attached hydrogens (tertiary/aromatic N) is 4. The number of hydrogen-bond donors (Lipinski definition) is 1. The van der Waals surface area contributed by atoms with E-state index in [1.807, 2.05) is 0 Å². The number of morpholine rings is 1. The van der Waals surface area contributed by atoms with Crippen LogP contribution in [0.4, 0.5) is 0 Å². The highest BCUT2D eigenvalue weighted by Gasteiger charge is 2.14. The summed E-state index contributed by atoms with van der Waals surface area (Å²) in [7, 11) is 1.79. The lowest BCUT2D eigenvalue weighted by Gasteiger charge is -2.25. The molecule has 0 aromatic carbocycles. The molecule has 0 spiro atoms. The molecule has 96 valence electrons. The molecule has 3 heterocycles. The van der Waals surface area contributed by atoms with Gasteiger partial charge in [0.25, 0.3) is 5.56 Å². The van der Waals surface area contributed by atoms with Crippen molar-refractivity contribution in [1.29, 1.82) is 0 Å². The Kier molecular flexibility index (Phi) is 2.85. The van der Waals surface area contributed by atoms with Gasteiger partial charge in [0.2, 0.25) is 0 Å². The molecule has 1 N–H and O–H groups in total. The lowest BCUT2D eigenvalue weighted by Crippen LogP contribution is -2.36. The largest absolute Gasteiger partial charge is 0.379 e. The minimum absolute atomic E-state index is 0.128. The highest BCUT2D eigenvalue weighted by Crippen LogP contribution is 2.07.